The molecule has 0 radical (unpaired) electrons. The minimum Gasteiger partial charge on any atom is -0.454 e. The van der Waals surface area contributed by atoms with Gasteiger partial charge >= 0.3 is 12.2 Å². The first-order valence-electron chi connectivity index (χ1n) is 10.2. The lowest BCUT2D eigenvalue weighted by molar-refractivity contribution is -0.154. The van der Waals surface area contributed by atoms with Crippen LogP contribution in [0, 0.1) is 0 Å². The number of hydrogen-bond donors (Lipinski definition) is 3. The standard InChI is InChI=1S/C20H25F3N6O2/c21-20(22,23)13-31-19-28-17-25-12-6-4-2-1-3-5-11-24-16(30)14-7-9-15(10-8-14)26-18(27-17)29-19/h7-10H,1-6,11-13H2,(H,24,30)(H2,25,26,27,28,29). The molecular formula is C20H25F3N6O2. The van der Waals surface area contributed by atoms with E-state index in [1.54, 1.807) is 24.3 Å². The van der Waals surface area contributed by atoms with Crippen LogP contribution in [0.5, 0.6) is 6.01 Å². The van der Waals surface area contributed by atoms with Gasteiger partial charge in [-0.3, -0.25) is 4.79 Å². The lowest BCUT2D eigenvalue weighted by atomic mass is 10.1. The van der Waals surface area contributed by atoms with Gasteiger partial charge < -0.3 is 20.7 Å². The average Bonchev–Trinajstić information content (AvgIpc) is 2.73. The van der Waals surface area contributed by atoms with Crippen molar-refractivity contribution in [3.8, 4) is 6.01 Å². The van der Waals surface area contributed by atoms with Crippen LogP contribution in [0.1, 0.15) is 48.9 Å². The summed E-state index contributed by atoms with van der Waals surface area (Å²) >= 11 is 0. The number of aromatic nitrogens is 3. The number of rotatable bonds is 2. The Morgan fingerprint density at radius 3 is 2.13 bits per heavy atom. The van der Waals surface area contributed by atoms with Gasteiger partial charge in [-0.25, -0.2) is 0 Å². The minimum atomic E-state index is -4.51. The summed E-state index contributed by atoms with van der Waals surface area (Å²) in [5.41, 5.74) is 1.07. The highest BCUT2D eigenvalue weighted by Crippen LogP contribution is 2.20. The van der Waals surface area contributed by atoms with Crippen LogP contribution in [0.15, 0.2) is 24.3 Å². The number of amides is 1. The van der Waals surface area contributed by atoms with Crippen molar-refractivity contribution in [2.45, 2.75) is 44.7 Å². The van der Waals surface area contributed by atoms with E-state index in [4.69, 9.17) is 4.74 Å². The van der Waals surface area contributed by atoms with Crippen molar-refractivity contribution >= 4 is 23.5 Å². The number of fused-ring (bicyclic) bond motifs is 12. The zero-order chi connectivity index (χ0) is 22.1. The molecule has 31 heavy (non-hydrogen) atoms. The number of ether oxygens (including phenoxy) is 1. The molecule has 4 bridgehead atoms. The Kier molecular flexibility index (Phi) is 7.85. The smallest absolute Gasteiger partial charge is 0.422 e. The van der Waals surface area contributed by atoms with E-state index in [0.29, 0.717) is 24.3 Å². The van der Waals surface area contributed by atoms with E-state index < -0.39 is 18.8 Å². The van der Waals surface area contributed by atoms with Crippen molar-refractivity contribution < 1.29 is 22.7 Å². The summed E-state index contributed by atoms with van der Waals surface area (Å²) in [6, 6.07) is 6.19. The summed E-state index contributed by atoms with van der Waals surface area (Å²) in [5.74, 6) is 0.00679. The summed E-state index contributed by atoms with van der Waals surface area (Å²) in [5, 5.41) is 8.83. The first-order chi connectivity index (χ1) is 14.9. The highest BCUT2D eigenvalue weighted by atomic mass is 19.4. The van der Waals surface area contributed by atoms with Gasteiger partial charge in [-0.1, -0.05) is 25.7 Å². The monoisotopic (exact) mass is 438 g/mol. The lowest BCUT2D eigenvalue weighted by Crippen LogP contribution is -2.24. The molecule has 11 heteroatoms. The van der Waals surface area contributed by atoms with Crippen LogP contribution in [-0.2, 0) is 0 Å². The fourth-order valence-corrected chi connectivity index (χ4v) is 3.00. The molecule has 2 aliphatic heterocycles. The van der Waals surface area contributed by atoms with E-state index in [9.17, 15) is 18.0 Å². The average molecular weight is 438 g/mol. The Morgan fingerprint density at radius 1 is 0.839 bits per heavy atom. The van der Waals surface area contributed by atoms with Crippen LogP contribution in [0.4, 0.5) is 30.8 Å². The van der Waals surface area contributed by atoms with Crippen molar-refractivity contribution in [1.29, 1.82) is 0 Å². The van der Waals surface area contributed by atoms with Gasteiger partial charge in [-0.2, -0.15) is 28.1 Å². The molecule has 3 N–H and O–H groups in total. The maximum atomic E-state index is 12.5. The van der Waals surface area contributed by atoms with E-state index in [1.165, 1.54) is 0 Å². The zero-order valence-electron chi connectivity index (χ0n) is 17.0. The van der Waals surface area contributed by atoms with E-state index in [2.05, 4.69) is 30.9 Å². The summed E-state index contributed by atoms with van der Waals surface area (Å²) in [6.07, 6.45) is 1.44. The normalized spacial score (nSPS) is 16.2. The van der Waals surface area contributed by atoms with Gasteiger partial charge in [-0.05, 0) is 37.1 Å². The van der Waals surface area contributed by atoms with Crippen molar-refractivity contribution in [3.63, 3.8) is 0 Å². The number of halogens is 3. The summed E-state index contributed by atoms with van der Waals surface area (Å²) < 4.78 is 42.2. The van der Waals surface area contributed by atoms with Crippen LogP contribution in [0.25, 0.3) is 0 Å². The van der Waals surface area contributed by atoms with Crippen LogP contribution in [0.2, 0.25) is 0 Å². The molecule has 1 aromatic heterocycles. The molecule has 0 saturated carbocycles. The fraction of sp³-hybridized carbons (Fsp3) is 0.500. The van der Waals surface area contributed by atoms with Gasteiger partial charge in [0, 0.05) is 24.3 Å². The molecule has 3 heterocycles. The topological polar surface area (TPSA) is 101 Å². The molecule has 4 rings (SSSR count). The number of anilines is 3. The molecular weight excluding hydrogens is 413 g/mol. The molecule has 0 aliphatic carbocycles. The highest BCUT2D eigenvalue weighted by Gasteiger charge is 2.29. The van der Waals surface area contributed by atoms with Crippen molar-refractivity contribution in [2.24, 2.45) is 0 Å². The Morgan fingerprint density at radius 2 is 1.45 bits per heavy atom. The molecule has 0 unspecified atom stereocenters. The largest absolute Gasteiger partial charge is 0.454 e. The summed E-state index contributed by atoms with van der Waals surface area (Å²) in [7, 11) is 0. The van der Waals surface area contributed by atoms with Gasteiger partial charge in [0.25, 0.3) is 5.91 Å². The minimum absolute atomic E-state index is 0.0322. The maximum Gasteiger partial charge on any atom is 0.422 e. The van der Waals surface area contributed by atoms with Gasteiger partial charge in [0.1, 0.15) is 0 Å². The van der Waals surface area contributed by atoms with Crippen LogP contribution < -0.4 is 20.7 Å². The molecule has 1 amide bonds. The zero-order valence-corrected chi connectivity index (χ0v) is 17.0. The van der Waals surface area contributed by atoms with Crippen LogP contribution >= 0.6 is 0 Å². The molecule has 168 valence electrons. The van der Waals surface area contributed by atoms with Gasteiger partial charge in [-0.15, -0.1) is 0 Å². The van der Waals surface area contributed by atoms with E-state index in [0.717, 1.165) is 38.5 Å². The number of benzene rings is 1. The van der Waals surface area contributed by atoms with Crippen molar-refractivity contribution in [3.05, 3.63) is 29.8 Å². The van der Waals surface area contributed by atoms with Crippen molar-refractivity contribution in [1.82, 2.24) is 20.3 Å². The summed E-state index contributed by atoms with van der Waals surface area (Å²) in [4.78, 5) is 24.3. The SMILES string of the molecule is O=C1NCCCCCCCCNc2nc(nc(OCC(F)(F)F)n2)Nc2ccc1cc2. The Hall–Kier alpha value is -3.11. The third kappa shape index (κ3) is 7.91. The second-order valence-electron chi connectivity index (χ2n) is 7.18. The predicted octanol–water partition coefficient (Wildman–Crippen LogP) is 4.05. The second kappa shape index (κ2) is 10.8. The highest BCUT2D eigenvalue weighted by molar-refractivity contribution is 5.94. The number of alkyl halides is 3. The quantitative estimate of drug-likeness (QED) is 0.650. The third-order valence-corrected chi connectivity index (χ3v) is 4.56. The molecule has 0 spiro atoms. The Balaban J connectivity index is 1.79. The molecule has 2 aliphatic rings. The van der Waals surface area contributed by atoms with Gasteiger partial charge in [0.15, 0.2) is 6.61 Å². The predicted molar refractivity (Wildman–Crippen MR) is 110 cm³/mol. The first-order valence-corrected chi connectivity index (χ1v) is 10.2. The van der Waals surface area contributed by atoms with Gasteiger partial charge in [0.2, 0.25) is 11.9 Å². The van der Waals surface area contributed by atoms with E-state index in [1.807, 2.05) is 0 Å². The maximum absolute atomic E-state index is 12.5. The first kappa shape index (κ1) is 22.6. The summed E-state index contributed by atoms with van der Waals surface area (Å²) in [6.45, 7) is -0.293. The van der Waals surface area contributed by atoms with Crippen LogP contribution in [0.3, 0.4) is 0 Å². The van der Waals surface area contributed by atoms with E-state index >= 15 is 0 Å². The number of carbonyl (C=O) groups is 1. The van der Waals surface area contributed by atoms with Crippen LogP contribution in [-0.4, -0.2) is 46.7 Å². The molecule has 8 nitrogen and oxygen atoms in total. The fourth-order valence-electron chi connectivity index (χ4n) is 3.00. The number of carbonyl (C=O) groups excluding carboxylic acids is 1. The molecule has 1 aromatic carbocycles. The van der Waals surface area contributed by atoms with E-state index in [-0.39, 0.29) is 17.8 Å². The molecule has 0 saturated heterocycles. The molecule has 2 aromatic rings. The molecule has 0 atom stereocenters. The molecule has 0 fully saturated rings. The van der Waals surface area contributed by atoms with Gasteiger partial charge in [0.05, 0.1) is 0 Å². The Bertz CT molecular complexity index is 861. The van der Waals surface area contributed by atoms with Crippen molar-refractivity contribution in [2.75, 3.05) is 30.3 Å². The lowest BCUT2D eigenvalue weighted by Gasteiger charge is -2.12. The number of nitrogens with zero attached hydrogens (tertiary/aromatic N) is 3. The Labute approximate surface area is 178 Å². The number of hydrogen-bond acceptors (Lipinski definition) is 7. The third-order valence-electron chi connectivity index (χ3n) is 4.56. The second-order valence-corrected chi connectivity index (χ2v) is 7.18. The number of nitrogens with one attached hydrogen (secondary N) is 3.